The van der Waals surface area contributed by atoms with Crippen molar-refractivity contribution in [2.24, 2.45) is 0 Å². The monoisotopic (exact) mass is 466 g/mol. The smallest absolute Gasteiger partial charge is 0.270 e. The molecule has 3 heterocycles. The van der Waals surface area contributed by atoms with Crippen molar-refractivity contribution in [3.63, 3.8) is 0 Å². The van der Waals surface area contributed by atoms with Gasteiger partial charge in [0, 0.05) is 42.9 Å². The minimum Gasteiger partial charge on any atom is -0.489 e. The van der Waals surface area contributed by atoms with Gasteiger partial charge in [-0.3, -0.25) is 4.79 Å². The number of likely N-dealkylation sites (tertiary alicyclic amines) is 1. The Labute approximate surface area is 198 Å². The van der Waals surface area contributed by atoms with E-state index in [9.17, 15) is 4.79 Å². The number of amides is 1. The van der Waals surface area contributed by atoms with Crippen LogP contribution in [0.5, 0.6) is 5.75 Å². The minimum absolute atomic E-state index is 0.0132. The van der Waals surface area contributed by atoms with Crippen LogP contribution < -0.4 is 4.74 Å². The maximum absolute atomic E-state index is 13.7. The fraction of sp³-hybridized carbons (Fsp3) is 0.346. The van der Waals surface area contributed by atoms with Crippen LogP contribution in [0.15, 0.2) is 61.2 Å². The van der Waals surface area contributed by atoms with Crippen molar-refractivity contribution < 1.29 is 19.0 Å². The van der Waals surface area contributed by atoms with Crippen LogP contribution in [0.3, 0.4) is 0 Å². The molecular weight excluding hydrogens is 440 g/mol. The number of carbonyl (C=O) groups is 1. The molecule has 172 valence electrons. The molecule has 0 saturated carbocycles. The molecule has 0 N–H and O–H groups in total. The Bertz CT molecular complexity index is 1170. The molecule has 1 aromatic heterocycles. The first-order valence-electron chi connectivity index (χ1n) is 11.3. The van der Waals surface area contributed by atoms with Gasteiger partial charge in [-0.1, -0.05) is 48.5 Å². The fourth-order valence-electron chi connectivity index (χ4n) is 4.67. The number of aromatic nitrogens is 1. The lowest BCUT2D eigenvalue weighted by molar-refractivity contribution is -0.181. The van der Waals surface area contributed by atoms with E-state index in [1.807, 2.05) is 58.0 Å². The maximum Gasteiger partial charge on any atom is 0.270 e. The van der Waals surface area contributed by atoms with Crippen LogP contribution >= 0.6 is 11.6 Å². The molecular formula is C26H27ClN2O4. The second-order valence-corrected chi connectivity index (χ2v) is 8.80. The van der Waals surface area contributed by atoms with Crippen molar-refractivity contribution in [2.75, 3.05) is 32.9 Å². The van der Waals surface area contributed by atoms with Crippen molar-refractivity contribution in [3.8, 4) is 5.75 Å². The van der Waals surface area contributed by atoms with Gasteiger partial charge in [-0.2, -0.15) is 0 Å². The lowest BCUT2D eigenvalue weighted by Crippen LogP contribution is -2.47. The third-order valence-corrected chi connectivity index (χ3v) is 6.76. The summed E-state index contributed by atoms with van der Waals surface area (Å²) in [4.78, 5) is 15.6. The van der Waals surface area contributed by atoms with E-state index in [1.165, 1.54) is 0 Å². The molecule has 0 bridgehead atoms. The molecule has 5 rings (SSSR count). The van der Waals surface area contributed by atoms with Crippen LogP contribution in [0.1, 0.15) is 28.9 Å². The van der Waals surface area contributed by atoms with E-state index in [2.05, 4.69) is 6.58 Å². The fourth-order valence-corrected chi connectivity index (χ4v) is 4.87. The van der Waals surface area contributed by atoms with Crippen LogP contribution in [-0.4, -0.2) is 54.1 Å². The number of ether oxygens (including phenoxy) is 3. The van der Waals surface area contributed by atoms with Crippen LogP contribution in [0.25, 0.3) is 10.9 Å². The molecule has 2 aliphatic rings. The van der Waals surface area contributed by atoms with Crippen molar-refractivity contribution in [2.45, 2.75) is 25.2 Å². The first-order chi connectivity index (χ1) is 16.1. The highest BCUT2D eigenvalue weighted by Gasteiger charge is 2.41. The molecule has 2 fully saturated rings. The van der Waals surface area contributed by atoms with E-state index in [0.29, 0.717) is 63.0 Å². The Morgan fingerprint density at radius 1 is 1.12 bits per heavy atom. The van der Waals surface area contributed by atoms with E-state index in [-0.39, 0.29) is 5.91 Å². The molecule has 7 heteroatoms. The summed E-state index contributed by atoms with van der Waals surface area (Å²) in [6, 6.07) is 15.5. The molecule has 1 amide bonds. The molecule has 0 aliphatic carbocycles. The predicted molar refractivity (Wildman–Crippen MR) is 128 cm³/mol. The Morgan fingerprint density at radius 3 is 2.61 bits per heavy atom. The molecule has 2 aromatic carbocycles. The average molecular weight is 467 g/mol. The minimum atomic E-state index is -0.521. The summed E-state index contributed by atoms with van der Waals surface area (Å²) in [5.41, 5.74) is 2.49. The standard InChI is InChI=1S/C26H27ClN2O4/c1-2-14-31-24-9-5-8-22-20(24)17-23(29(22)18-19-6-3-4-7-21(19)27)25(30)28-12-10-26(11-13-28)32-15-16-33-26/h2-9,17H,1,10-16,18H2. The third kappa shape index (κ3) is 4.26. The molecule has 33 heavy (non-hydrogen) atoms. The number of carbonyl (C=O) groups excluding carboxylic acids is 1. The van der Waals surface area contributed by atoms with Gasteiger partial charge >= 0.3 is 0 Å². The molecule has 0 atom stereocenters. The SMILES string of the molecule is C=CCOc1cccc2c1cc(C(=O)N1CCC3(CC1)OCCO3)n2Cc1ccccc1Cl. The Kier molecular flexibility index (Phi) is 6.15. The highest BCUT2D eigenvalue weighted by molar-refractivity contribution is 6.31. The van der Waals surface area contributed by atoms with Gasteiger partial charge in [0.1, 0.15) is 18.1 Å². The zero-order valence-corrected chi connectivity index (χ0v) is 19.2. The number of piperidine rings is 1. The molecule has 2 saturated heterocycles. The maximum atomic E-state index is 13.7. The Hall–Kier alpha value is -2.80. The number of rotatable bonds is 6. The van der Waals surface area contributed by atoms with Gasteiger partial charge in [-0.25, -0.2) is 0 Å². The summed E-state index contributed by atoms with van der Waals surface area (Å²) >= 11 is 6.47. The Balaban J connectivity index is 1.51. The number of hydrogen-bond acceptors (Lipinski definition) is 4. The second kappa shape index (κ2) is 9.21. The van der Waals surface area contributed by atoms with Crippen molar-refractivity contribution in [1.29, 1.82) is 0 Å². The van der Waals surface area contributed by atoms with E-state index in [4.69, 9.17) is 25.8 Å². The number of hydrogen-bond donors (Lipinski definition) is 0. The van der Waals surface area contributed by atoms with E-state index in [0.717, 1.165) is 22.2 Å². The van der Waals surface area contributed by atoms with Crippen molar-refractivity contribution in [1.82, 2.24) is 9.47 Å². The van der Waals surface area contributed by atoms with Gasteiger partial charge in [0.15, 0.2) is 5.79 Å². The van der Waals surface area contributed by atoms with Crippen LogP contribution in [-0.2, 0) is 16.0 Å². The Morgan fingerprint density at radius 2 is 1.88 bits per heavy atom. The highest BCUT2D eigenvalue weighted by atomic mass is 35.5. The van der Waals surface area contributed by atoms with Gasteiger partial charge in [-0.05, 0) is 29.8 Å². The lowest BCUT2D eigenvalue weighted by atomic mass is 10.0. The normalized spacial score (nSPS) is 17.5. The lowest BCUT2D eigenvalue weighted by Gasteiger charge is -2.37. The summed E-state index contributed by atoms with van der Waals surface area (Å²) < 4.78 is 19.6. The largest absolute Gasteiger partial charge is 0.489 e. The molecule has 6 nitrogen and oxygen atoms in total. The van der Waals surface area contributed by atoms with Crippen LogP contribution in [0, 0.1) is 0 Å². The number of benzene rings is 2. The summed E-state index contributed by atoms with van der Waals surface area (Å²) in [5, 5.41) is 1.57. The zero-order valence-electron chi connectivity index (χ0n) is 18.5. The average Bonchev–Trinajstić information content (AvgIpc) is 3.44. The van der Waals surface area contributed by atoms with Crippen molar-refractivity contribution >= 4 is 28.4 Å². The summed E-state index contributed by atoms with van der Waals surface area (Å²) in [7, 11) is 0. The van der Waals surface area contributed by atoms with Gasteiger partial charge in [-0.15, -0.1) is 0 Å². The zero-order chi connectivity index (χ0) is 22.8. The van der Waals surface area contributed by atoms with Gasteiger partial charge in [0.2, 0.25) is 0 Å². The predicted octanol–water partition coefficient (Wildman–Crippen LogP) is 4.89. The van der Waals surface area contributed by atoms with E-state index in [1.54, 1.807) is 6.08 Å². The molecule has 2 aliphatic heterocycles. The topological polar surface area (TPSA) is 52.9 Å². The summed E-state index contributed by atoms with van der Waals surface area (Å²) in [5.74, 6) is 0.192. The molecule has 0 radical (unpaired) electrons. The van der Waals surface area contributed by atoms with E-state index >= 15 is 0 Å². The van der Waals surface area contributed by atoms with Crippen LogP contribution in [0.4, 0.5) is 0 Å². The van der Waals surface area contributed by atoms with Gasteiger partial charge in [0.25, 0.3) is 5.91 Å². The van der Waals surface area contributed by atoms with Gasteiger partial charge in [0.05, 0.1) is 18.7 Å². The molecule has 0 unspecified atom stereocenters. The number of halogens is 1. The number of fused-ring (bicyclic) bond motifs is 1. The first-order valence-corrected chi connectivity index (χ1v) is 11.6. The highest BCUT2D eigenvalue weighted by Crippen LogP contribution is 2.34. The third-order valence-electron chi connectivity index (χ3n) is 6.39. The summed E-state index contributed by atoms with van der Waals surface area (Å²) in [6.07, 6.45) is 3.07. The van der Waals surface area contributed by atoms with Crippen molar-refractivity contribution in [3.05, 3.63) is 77.5 Å². The van der Waals surface area contributed by atoms with Gasteiger partial charge < -0.3 is 23.7 Å². The second-order valence-electron chi connectivity index (χ2n) is 8.40. The molecule has 1 spiro atoms. The number of nitrogens with zero attached hydrogens (tertiary/aromatic N) is 2. The quantitative estimate of drug-likeness (QED) is 0.485. The molecule has 3 aromatic rings. The van der Waals surface area contributed by atoms with Crippen LogP contribution in [0.2, 0.25) is 5.02 Å². The van der Waals surface area contributed by atoms with E-state index < -0.39 is 5.79 Å². The summed E-state index contributed by atoms with van der Waals surface area (Å²) in [6.45, 7) is 7.03. The first kappa shape index (κ1) is 22.0.